The van der Waals surface area contributed by atoms with Gasteiger partial charge < -0.3 is 10.2 Å². The minimum Gasteiger partial charge on any atom is -0.313 e. The molecule has 2 unspecified atom stereocenters. The van der Waals surface area contributed by atoms with Gasteiger partial charge in [-0.15, -0.1) is 0 Å². The number of rotatable bonds is 2. The van der Waals surface area contributed by atoms with Crippen molar-refractivity contribution in [1.82, 2.24) is 15.1 Å². The maximum atomic E-state index is 3.70. The van der Waals surface area contributed by atoms with Gasteiger partial charge in [-0.25, -0.2) is 0 Å². The number of piperazine rings is 1. The zero-order chi connectivity index (χ0) is 11.4. The predicted molar refractivity (Wildman–Crippen MR) is 68.8 cm³/mol. The van der Waals surface area contributed by atoms with E-state index < -0.39 is 0 Å². The average molecular weight is 225 g/mol. The van der Waals surface area contributed by atoms with Gasteiger partial charge in [-0.2, -0.15) is 0 Å². The summed E-state index contributed by atoms with van der Waals surface area (Å²) in [6.45, 7) is 8.56. The van der Waals surface area contributed by atoms with Crippen molar-refractivity contribution in [3.8, 4) is 0 Å². The summed E-state index contributed by atoms with van der Waals surface area (Å²) in [5, 5.41) is 3.70. The average Bonchev–Trinajstić information content (AvgIpc) is 2.52. The van der Waals surface area contributed by atoms with Crippen LogP contribution in [0.3, 0.4) is 0 Å². The molecule has 2 heterocycles. The van der Waals surface area contributed by atoms with Crippen LogP contribution >= 0.6 is 0 Å². The summed E-state index contributed by atoms with van der Waals surface area (Å²) in [5.74, 6) is 0. The van der Waals surface area contributed by atoms with Crippen molar-refractivity contribution in [3.63, 3.8) is 0 Å². The smallest absolute Gasteiger partial charge is 0.0195 e. The third kappa shape index (κ3) is 3.44. The minimum absolute atomic E-state index is 0.722. The molecule has 2 atom stereocenters. The molecule has 0 radical (unpaired) electrons. The quantitative estimate of drug-likeness (QED) is 0.761. The molecule has 0 amide bonds. The zero-order valence-electron chi connectivity index (χ0n) is 10.9. The maximum absolute atomic E-state index is 3.70. The highest BCUT2D eigenvalue weighted by Crippen LogP contribution is 2.12. The topological polar surface area (TPSA) is 18.5 Å². The Bertz CT molecular complexity index is 199. The minimum atomic E-state index is 0.722. The van der Waals surface area contributed by atoms with E-state index in [2.05, 4.69) is 29.1 Å². The molecule has 0 aliphatic carbocycles. The molecule has 0 saturated carbocycles. The zero-order valence-corrected chi connectivity index (χ0v) is 10.9. The van der Waals surface area contributed by atoms with Crippen LogP contribution < -0.4 is 5.32 Å². The molecule has 94 valence electrons. The van der Waals surface area contributed by atoms with Gasteiger partial charge in [-0.3, -0.25) is 4.90 Å². The Hall–Kier alpha value is -0.120. The number of hydrogen-bond acceptors (Lipinski definition) is 3. The largest absolute Gasteiger partial charge is 0.313 e. The van der Waals surface area contributed by atoms with Crippen LogP contribution in [-0.4, -0.2) is 61.7 Å². The molecule has 2 aliphatic rings. The van der Waals surface area contributed by atoms with Gasteiger partial charge in [0.05, 0.1) is 0 Å². The number of hydrogen-bond donors (Lipinski definition) is 1. The summed E-state index contributed by atoms with van der Waals surface area (Å²) in [6.07, 6.45) is 5.58. The Labute approximate surface area is 100 Å². The van der Waals surface area contributed by atoms with Crippen molar-refractivity contribution in [1.29, 1.82) is 0 Å². The highest BCUT2D eigenvalue weighted by atomic mass is 15.3. The second-order valence-corrected chi connectivity index (χ2v) is 5.59. The first-order chi connectivity index (χ1) is 7.75. The van der Waals surface area contributed by atoms with Crippen molar-refractivity contribution in [2.24, 2.45) is 0 Å². The van der Waals surface area contributed by atoms with Crippen LogP contribution in [0.2, 0.25) is 0 Å². The lowest BCUT2D eigenvalue weighted by atomic mass is 10.1. The SMILES string of the molecule is CC1CN(CC2CCCCCN2)CCN1C. The summed E-state index contributed by atoms with van der Waals surface area (Å²) in [6, 6.07) is 1.47. The summed E-state index contributed by atoms with van der Waals surface area (Å²) in [5.41, 5.74) is 0. The molecule has 0 aromatic carbocycles. The Balaban J connectivity index is 1.75. The van der Waals surface area contributed by atoms with Crippen LogP contribution in [0.1, 0.15) is 32.6 Å². The van der Waals surface area contributed by atoms with Crippen LogP contribution in [-0.2, 0) is 0 Å². The van der Waals surface area contributed by atoms with Crippen molar-refractivity contribution >= 4 is 0 Å². The standard InChI is InChI=1S/C13H27N3/c1-12-10-16(9-8-15(12)2)11-13-6-4-3-5-7-14-13/h12-14H,3-11H2,1-2H3. The number of nitrogens with zero attached hydrogens (tertiary/aromatic N) is 2. The van der Waals surface area contributed by atoms with Crippen LogP contribution in [0.25, 0.3) is 0 Å². The maximum Gasteiger partial charge on any atom is 0.0195 e. The molecule has 0 aromatic rings. The first-order valence-corrected chi connectivity index (χ1v) is 6.91. The summed E-state index contributed by atoms with van der Waals surface area (Å²) in [4.78, 5) is 5.12. The lowest BCUT2D eigenvalue weighted by Crippen LogP contribution is -2.53. The third-order valence-corrected chi connectivity index (χ3v) is 4.18. The fraction of sp³-hybridized carbons (Fsp3) is 1.00. The molecule has 2 rings (SSSR count). The highest BCUT2D eigenvalue weighted by molar-refractivity contribution is 4.81. The normalized spacial score (nSPS) is 34.9. The number of likely N-dealkylation sites (N-methyl/N-ethyl adjacent to an activating group) is 1. The van der Waals surface area contributed by atoms with Gasteiger partial charge in [-0.1, -0.05) is 12.8 Å². The van der Waals surface area contributed by atoms with Crippen LogP contribution in [0, 0.1) is 0 Å². The van der Waals surface area contributed by atoms with E-state index in [9.17, 15) is 0 Å². The van der Waals surface area contributed by atoms with Crippen LogP contribution in [0.4, 0.5) is 0 Å². The Morgan fingerprint density at radius 3 is 2.88 bits per heavy atom. The fourth-order valence-corrected chi connectivity index (χ4v) is 2.86. The van der Waals surface area contributed by atoms with Gasteiger partial charge in [0.1, 0.15) is 0 Å². The van der Waals surface area contributed by atoms with Crippen LogP contribution in [0.15, 0.2) is 0 Å². The van der Waals surface area contributed by atoms with Gasteiger partial charge in [0, 0.05) is 38.3 Å². The molecule has 0 aromatic heterocycles. The van der Waals surface area contributed by atoms with Crippen molar-refractivity contribution < 1.29 is 0 Å². The van der Waals surface area contributed by atoms with Gasteiger partial charge in [0.25, 0.3) is 0 Å². The van der Waals surface area contributed by atoms with Gasteiger partial charge in [0.2, 0.25) is 0 Å². The van der Waals surface area contributed by atoms with E-state index in [1.165, 1.54) is 58.4 Å². The van der Waals surface area contributed by atoms with Crippen molar-refractivity contribution in [2.75, 3.05) is 39.8 Å². The van der Waals surface area contributed by atoms with Crippen molar-refractivity contribution in [2.45, 2.75) is 44.7 Å². The van der Waals surface area contributed by atoms with E-state index in [-0.39, 0.29) is 0 Å². The summed E-state index contributed by atoms with van der Waals surface area (Å²) < 4.78 is 0. The lowest BCUT2D eigenvalue weighted by molar-refractivity contribution is 0.0965. The molecular formula is C13H27N3. The molecule has 2 saturated heterocycles. The molecule has 0 bridgehead atoms. The molecule has 2 fully saturated rings. The van der Waals surface area contributed by atoms with Crippen LogP contribution in [0.5, 0.6) is 0 Å². The van der Waals surface area contributed by atoms with E-state index in [4.69, 9.17) is 0 Å². The second-order valence-electron chi connectivity index (χ2n) is 5.59. The predicted octanol–water partition coefficient (Wildman–Crippen LogP) is 1.15. The first-order valence-electron chi connectivity index (χ1n) is 6.91. The van der Waals surface area contributed by atoms with E-state index in [1.807, 2.05) is 0 Å². The summed E-state index contributed by atoms with van der Waals surface area (Å²) >= 11 is 0. The summed E-state index contributed by atoms with van der Waals surface area (Å²) in [7, 11) is 2.24. The fourth-order valence-electron chi connectivity index (χ4n) is 2.86. The number of nitrogens with one attached hydrogen (secondary N) is 1. The van der Waals surface area contributed by atoms with E-state index in [1.54, 1.807) is 0 Å². The highest BCUT2D eigenvalue weighted by Gasteiger charge is 2.23. The Morgan fingerprint density at radius 2 is 2.06 bits per heavy atom. The van der Waals surface area contributed by atoms with Gasteiger partial charge in [0.15, 0.2) is 0 Å². The van der Waals surface area contributed by atoms with Gasteiger partial charge >= 0.3 is 0 Å². The molecular weight excluding hydrogens is 198 g/mol. The third-order valence-electron chi connectivity index (χ3n) is 4.18. The Kier molecular flexibility index (Phi) is 4.62. The Morgan fingerprint density at radius 1 is 1.19 bits per heavy atom. The molecule has 2 aliphatic heterocycles. The van der Waals surface area contributed by atoms with Crippen molar-refractivity contribution in [3.05, 3.63) is 0 Å². The van der Waals surface area contributed by atoms with E-state index >= 15 is 0 Å². The molecule has 1 N–H and O–H groups in total. The monoisotopic (exact) mass is 225 g/mol. The molecule has 16 heavy (non-hydrogen) atoms. The lowest BCUT2D eigenvalue weighted by Gasteiger charge is -2.39. The van der Waals surface area contributed by atoms with E-state index in [0.29, 0.717) is 0 Å². The molecule has 0 spiro atoms. The molecule has 3 heteroatoms. The van der Waals surface area contributed by atoms with Gasteiger partial charge in [-0.05, 0) is 33.4 Å². The van der Waals surface area contributed by atoms with E-state index in [0.717, 1.165) is 12.1 Å². The molecule has 3 nitrogen and oxygen atoms in total. The first kappa shape index (κ1) is 12.3. The second kappa shape index (κ2) is 5.99.